The summed E-state index contributed by atoms with van der Waals surface area (Å²) in [6.45, 7) is 0. The molecule has 0 spiro atoms. The van der Waals surface area contributed by atoms with E-state index in [9.17, 15) is 0 Å². The maximum absolute atomic E-state index is 2.61. The van der Waals surface area contributed by atoms with Gasteiger partial charge in [0.15, 0.2) is 24.5 Å². The first-order valence-corrected chi connectivity index (χ1v) is 15.4. The quantitative estimate of drug-likeness (QED) is 0.272. The lowest BCUT2D eigenvalue weighted by atomic mass is 10.1. The summed E-state index contributed by atoms with van der Waals surface area (Å²) in [6, 6.07) is 44.6. The molecule has 2 unspecified atom stereocenters. The smallest absolute Gasteiger partial charge is 0.207 e. The Morgan fingerprint density at radius 1 is 0.432 bits per heavy atom. The highest BCUT2D eigenvalue weighted by Crippen LogP contribution is 2.41. The number of rotatable bonds is 8. The molecule has 2 atom stereocenters. The van der Waals surface area contributed by atoms with Crippen LogP contribution in [0.15, 0.2) is 146 Å². The predicted molar refractivity (Wildman–Crippen MR) is 161 cm³/mol. The summed E-state index contributed by atoms with van der Waals surface area (Å²) < 4.78 is 5.22. The van der Waals surface area contributed by atoms with E-state index in [0.29, 0.717) is 12.1 Å². The molecule has 0 fully saturated rings. The molecule has 2 nitrogen and oxygen atoms in total. The molecule has 6 rings (SSSR count). The van der Waals surface area contributed by atoms with Crippen molar-refractivity contribution in [1.82, 2.24) is 0 Å². The first kappa shape index (κ1) is 23.9. The van der Waals surface area contributed by atoms with Crippen molar-refractivity contribution in [3.8, 4) is 0 Å². The lowest BCUT2D eigenvalue weighted by Gasteiger charge is -2.22. The molecule has 4 aromatic rings. The molecule has 0 aliphatic carbocycles. The van der Waals surface area contributed by atoms with E-state index in [1.54, 1.807) is 0 Å². The zero-order valence-electron chi connectivity index (χ0n) is 20.7. The summed E-state index contributed by atoms with van der Waals surface area (Å²) in [5.41, 5.74) is 0. The van der Waals surface area contributed by atoms with Crippen molar-refractivity contribution < 1.29 is 8.69 Å². The maximum Gasteiger partial charge on any atom is 0.246 e. The van der Waals surface area contributed by atoms with Gasteiger partial charge in [0.1, 0.15) is 0 Å². The molecule has 4 heteroatoms. The molecule has 0 radical (unpaired) electrons. The lowest BCUT2D eigenvalue weighted by molar-refractivity contribution is -0.427. The third-order valence-electron chi connectivity index (χ3n) is 6.77. The first-order valence-electron chi connectivity index (χ1n) is 12.8. The molecule has 0 aromatic heterocycles. The van der Waals surface area contributed by atoms with Crippen molar-refractivity contribution in [2.75, 3.05) is 0 Å². The van der Waals surface area contributed by atoms with Crippen LogP contribution >= 0.6 is 16.1 Å². The maximum atomic E-state index is 2.61. The average molecular weight is 517 g/mol. The Kier molecular flexibility index (Phi) is 7.31. The van der Waals surface area contributed by atoms with Crippen molar-refractivity contribution >= 4 is 49.8 Å². The van der Waals surface area contributed by atoms with Crippen molar-refractivity contribution in [3.05, 3.63) is 146 Å². The SMILES string of the molecule is C1=CC(CC2C=CC=[N+]2P(c2ccccc2)c2ccccc2)[N+](P(c2ccccc2)c2ccccc2)=C1. The van der Waals surface area contributed by atoms with Crippen molar-refractivity contribution in [2.45, 2.75) is 18.5 Å². The molecule has 2 aliphatic rings. The molecule has 2 aliphatic heterocycles. The minimum atomic E-state index is -0.661. The van der Waals surface area contributed by atoms with Crippen molar-refractivity contribution in [3.63, 3.8) is 0 Å². The van der Waals surface area contributed by atoms with E-state index in [4.69, 9.17) is 0 Å². The third-order valence-corrected chi connectivity index (χ3v) is 11.7. The fourth-order valence-corrected chi connectivity index (χ4v) is 9.93. The minimum Gasteiger partial charge on any atom is -0.207 e. The van der Waals surface area contributed by atoms with E-state index >= 15 is 0 Å². The van der Waals surface area contributed by atoms with Gasteiger partial charge in [-0.3, -0.25) is 0 Å². The normalized spacial score (nSPS) is 18.4. The van der Waals surface area contributed by atoms with Gasteiger partial charge in [-0.1, -0.05) is 72.8 Å². The minimum absolute atomic E-state index is 0.332. The Morgan fingerprint density at radius 3 is 1.03 bits per heavy atom. The highest BCUT2D eigenvalue weighted by atomic mass is 31.1. The summed E-state index contributed by atoms with van der Waals surface area (Å²) in [4.78, 5) is 0. The molecule has 0 saturated heterocycles. The molecular formula is C33H30N2P2+2. The highest BCUT2D eigenvalue weighted by molar-refractivity contribution is 7.67. The van der Waals surface area contributed by atoms with Gasteiger partial charge < -0.3 is 0 Å². The van der Waals surface area contributed by atoms with Crippen LogP contribution in [0.5, 0.6) is 0 Å². The number of nitrogens with zero attached hydrogens (tertiary/aromatic N) is 2. The number of hydrogen-bond acceptors (Lipinski definition) is 0. The van der Waals surface area contributed by atoms with Gasteiger partial charge in [0.25, 0.3) is 0 Å². The number of hydrogen-bond donors (Lipinski definition) is 0. The third kappa shape index (κ3) is 5.19. The van der Waals surface area contributed by atoms with Gasteiger partial charge in [-0.25, -0.2) is 8.69 Å². The standard InChI is InChI=1S/C33H30N2P2/c1-5-17-30(18-6-1)36(31-19-7-2-8-20-31)34-25-13-15-28(34)27-29-16-14-26-35(29)37(32-21-9-3-10-22-32)33-23-11-4-12-24-33/h1-26,28-29H,27H2/q+2. The van der Waals surface area contributed by atoms with Gasteiger partial charge in [-0.05, 0) is 60.7 Å². The molecular weight excluding hydrogens is 486 g/mol. The Morgan fingerprint density at radius 2 is 0.730 bits per heavy atom. The molecule has 4 aromatic carbocycles. The summed E-state index contributed by atoms with van der Waals surface area (Å²) in [5.74, 6) is 0. The van der Waals surface area contributed by atoms with Gasteiger partial charge in [-0.2, -0.15) is 0 Å². The second-order valence-corrected chi connectivity index (χ2v) is 13.4. The van der Waals surface area contributed by atoms with Crippen LogP contribution in [0.25, 0.3) is 0 Å². The fourth-order valence-electron chi connectivity index (χ4n) is 5.09. The molecule has 0 N–H and O–H groups in total. The van der Waals surface area contributed by atoms with Crippen LogP contribution < -0.4 is 21.2 Å². The lowest BCUT2D eigenvalue weighted by Crippen LogP contribution is -2.33. The van der Waals surface area contributed by atoms with Crippen LogP contribution in [0, 0.1) is 0 Å². The average Bonchev–Trinajstić information content (AvgIpc) is 3.62. The summed E-state index contributed by atoms with van der Waals surface area (Å²) in [5, 5.41) is 5.54. The van der Waals surface area contributed by atoms with E-state index in [-0.39, 0.29) is 0 Å². The second-order valence-electron chi connectivity index (χ2n) is 9.16. The van der Waals surface area contributed by atoms with Gasteiger partial charge in [0.05, 0.1) is 6.42 Å². The van der Waals surface area contributed by atoms with Gasteiger partial charge >= 0.3 is 0 Å². The zero-order chi connectivity index (χ0) is 24.9. The summed E-state index contributed by atoms with van der Waals surface area (Å²) >= 11 is 0. The number of benzene rings is 4. The van der Waals surface area contributed by atoms with Gasteiger partial charge in [0.2, 0.25) is 16.1 Å². The second kappa shape index (κ2) is 11.3. The highest BCUT2D eigenvalue weighted by Gasteiger charge is 2.41. The van der Waals surface area contributed by atoms with E-state index < -0.39 is 16.1 Å². The van der Waals surface area contributed by atoms with E-state index in [0.717, 1.165) is 6.42 Å². The molecule has 0 bridgehead atoms. The monoisotopic (exact) mass is 516 g/mol. The van der Waals surface area contributed by atoms with Crippen LogP contribution in [0.3, 0.4) is 0 Å². The molecule has 0 saturated carbocycles. The molecule has 37 heavy (non-hydrogen) atoms. The Labute approximate surface area is 222 Å². The van der Waals surface area contributed by atoms with Crippen LogP contribution in [-0.2, 0) is 0 Å². The topological polar surface area (TPSA) is 6.02 Å². The summed E-state index contributed by atoms with van der Waals surface area (Å²) in [7, 11) is -1.32. The molecule has 180 valence electrons. The molecule has 2 heterocycles. The van der Waals surface area contributed by atoms with E-state index in [1.165, 1.54) is 21.2 Å². The predicted octanol–water partition coefficient (Wildman–Crippen LogP) is 5.52. The number of allylic oxidation sites excluding steroid dienone is 2. The largest absolute Gasteiger partial charge is 0.246 e. The van der Waals surface area contributed by atoms with Crippen LogP contribution in [0.4, 0.5) is 0 Å². The van der Waals surface area contributed by atoms with E-state index in [2.05, 4.69) is 167 Å². The Bertz CT molecular complexity index is 1250. The van der Waals surface area contributed by atoms with Crippen LogP contribution in [0.2, 0.25) is 0 Å². The van der Waals surface area contributed by atoms with Gasteiger partial charge in [0, 0.05) is 33.4 Å². The molecule has 0 amide bonds. The van der Waals surface area contributed by atoms with Crippen molar-refractivity contribution in [2.24, 2.45) is 0 Å². The van der Waals surface area contributed by atoms with Crippen LogP contribution in [-0.4, -0.2) is 33.2 Å². The van der Waals surface area contributed by atoms with Gasteiger partial charge in [-0.15, -0.1) is 0 Å². The fraction of sp³-hybridized carbons (Fsp3) is 0.0909. The zero-order valence-corrected chi connectivity index (χ0v) is 22.5. The van der Waals surface area contributed by atoms with E-state index in [1.807, 2.05) is 0 Å². The summed E-state index contributed by atoms with van der Waals surface area (Å²) in [6.07, 6.45) is 14.9. The van der Waals surface area contributed by atoms with Crippen LogP contribution in [0.1, 0.15) is 6.42 Å². The first-order chi connectivity index (χ1) is 18.4. The van der Waals surface area contributed by atoms with Crippen molar-refractivity contribution in [1.29, 1.82) is 0 Å². The Hall–Kier alpha value is -3.44. The Balaban J connectivity index is 1.32.